The van der Waals surface area contributed by atoms with Gasteiger partial charge in [-0.2, -0.15) is 5.10 Å². The maximum atomic E-state index is 11.9. The van der Waals surface area contributed by atoms with Crippen LogP contribution in [0.15, 0.2) is 30.3 Å². The molecule has 1 heterocycles. The van der Waals surface area contributed by atoms with Crippen LogP contribution in [-0.4, -0.2) is 30.2 Å². The fraction of sp³-hybridized carbons (Fsp3) is 0.250. The van der Waals surface area contributed by atoms with Gasteiger partial charge in [0, 0.05) is 37.1 Å². The van der Waals surface area contributed by atoms with Crippen LogP contribution < -0.4 is 10.2 Å². The molecular formula is C16H20N4O. The summed E-state index contributed by atoms with van der Waals surface area (Å²) in [5.74, 6) is 0.381. The number of benzene rings is 1. The average molecular weight is 284 g/mol. The molecule has 2 rings (SSSR count). The van der Waals surface area contributed by atoms with Gasteiger partial charge >= 0.3 is 0 Å². The van der Waals surface area contributed by atoms with Crippen molar-refractivity contribution in [1.82, 2.24) is 10.2 Å². The summed E-state index contributed by atoms with van der Waals surface area (Å²) < 4.78 is 0. The van der Waals surface area contributed by atoms with Gasteiger partial charge in [0.2, 0.25) is 5.91 Å². The fourth-order valence-electron chi connectivity index (χ4n) is 1.82. The molecule has 1 amide bonds. The minimum atomic E-state index is -0.193. The molecule has 0 aliphatic heterocycles. The number of nitrogens with zero attached hydrogens (tertiary/aromatic N) is 2. The van der Waals surface area contributed by atoms with Crippen molar-refractivity contribution in [3.63, 3.8) is 0 Å². The zero-order valence-corrected chi connectivity index (χ0v) is 12.8. The van der Waals surface area contributed by atoms with Crippen molar-refractivity contribution in [2.45, 2.75) is 13.8 Å². The molecule has 2 N–H and O–H groups in total. The van der Waals surface area contributed by atoms with Crippen molar-refractivity contribution < 1.29 is 4.79 Å². The number of carbonyl (C=O) groups excluding carboxylic acids is 1. The first-order chi connectivity index (χ1) is 9.97. The predicted octanol–water partition coefficient (Wildman–Crippen LogP) is 2.74. The highest BCUT2D eigenvalue weighted by Gasteiger charge is 2.07. The van der Waals surface area contributed by atoms with Gasteiger partial charge < -0.3 is 10.2 Å². The van der Waals surface area contributed by atoms with E-state index in [0.29, 0.717) is 5.82 Å². The standard InChI is InChI=1S/C16H20N4O/c1-11-12(2)18-19-16(11)17-15(21)10-7-13-5-8-14(9-6-13)20(3)4/h5-10H,1-4H3,(H2,17,18,19,21)/b10-7+. The summed E-state index contributed by atoms with van der Waals surface area (Å²) in [6.45, 7) is 3.83. The number of hydrogen-bond donors (Lipinski definition) is 2. The maximum absolute atomic E-state index is 11.9. The van der Waals surface area contributed by atoms with Gasteiger partial charge in [0.1, 0.15) is 0 Å². The summed E-state index contributed by atoms with van der Waals surface area (Å²) in [6.07, 6.45) is 3.29. The third-order valence-corrected chi connectivity index (χ3v) is 3.33. The van der Waals surface area contributed by atoms with Gasteiger partial charge in [-0.25, -0.2) is 0 Å². The van der Waals surface area contributed by atoms with E-state index in [0.717, 1.165) is 22.5 Å². The Balaban J connectivity index is 2.00. The minimum absolute atomic E-state index is 0.193. The summed E-state index contributed by atoms with van der Waals surface area (Å²) in [7, 11) is 3.99. The number of amides is 1. The van der Waals surface area contributed by atoms with Gasteiger partial charge in [0.25, 0.3) is 0 Å². The number of carbonyl (C=O) groups is 1. The Labute approximate surface area is 124 Å². The van der Waals surface area contributed by atoms with Gasteiger partial charge in [-0.15, -0.1) is 0 Å². The van der Waals surface area contributed by atoms with Crippen LogP contribution in [0.2, 0.25) is 0 Å². The molecule has 21 heavy (non-hydrogen) atoms. The van der Waals surface area contributed by atoms with E-state index in [1.807, 2.05) is 57.1 Å². The quantitative estimate of drug-likeness (QED) is 0.849. The molecular weight excluding hydrogens is 264 g/mol. The zero-order chi connectivity index (χ0) is 15.4. The average Bonchev–Trinajstić information content (AvgIpc) is 2.77. The molecule has 0 radical (unpaired) electrons. The summed E-state index contributed by atoms with van der Waals surface area (Å²) in [5, 5.41) is 9.64. The van der Waals surface area contributed by atoms with E-state index in [4.69, 9.17) is 0 Å². The predicted molar refractivity (Wildman–Crippen MR) is 86.5 cm³/mol. The maximum Gasteiger partial charge on any atom is 0.249 e. The SMILES string of the molecule is Cc1[nH]nc(NC(=O)/C=C/c2ccc(N(C)C)cc2)c1C. The van der Waals surface area contributed by atoms with Crippen LogP contribution in [0.3, 0.4) is 0 Å². The molecule has 0 saturated heterocycles. The Hall–Kier alpha value is -2.56. The Kier molecular flexibility index (Phi) is 4.42. The first kappa shape index (κ1) is 14.8. The second-order valence-corrected chi connectivity index (χ2v) is 5.13. The third-order valence-electron chi connectivity index (χ3n) is 3.33. The number of aryl methyl sites for hydroxylation is 1. The molecule has 2 aromatic rings. The van der Waals surface area contributed by atoms with E-state index in [1.165, 1.54) is 6.08 Å². The van der Waals surface area contributed by atoms with Crippen molar-refractivity contribution in [1.29, 1.82) is 0 Å². The highest BCUT2D eigenvalue weighted by Crippen LogP contribution is 2.15. The van der Waals surface area contributed by atoms with Crippen molar-refractivity contribution >= 4 is 23.5 Å². The lowest BCUT2D eigenvalue weighted by molar-refractivity contribution is -0.111. The molecule has 0 aliphatic carbocycles. The molecule has 0 atom stereocenters. The molecule has 1 aromatic heterocycles. The van der Waals surface area contributed by atoms with Crippen molar-refractivity contribution in [3.8, 4) is 0 Å². The van der Waals surface area contributed by atoms with Crippen LogP contribution in [0.4, 0.5) is 11.5 Å². The molecule has 0 saturated carbocycles. The molecule has 0 bridgehead atoms. The molecule has 0 fully saturated rings. The first-order valence-corrected chi connectivity index (χ1v) is 6.75. The molecule has 1 aromatic carbocycles. The fourth-order valence-corrected chi connectivity index (χ4v) is 1.82. The van der Waals surface area contributed by atoms with E-state index >= 15 is 0 Å². The summed E-state index contributed by atoms with van der Waals surface area (Å²) in [6, 6.07) is 7.98. The summed E-state index contributed by atoms with van der Waals surface area (Å²) in [5.41, 5.74) is 4.01. The number of anilines is 2. The van der Waals surface area contributed by atoms with Crippen molar-refractivity contribution in [3.05, 3.63) is 47.2 Å². The van der Waals surface area contributed by atoms with Crippen LogP contribution in [-0.2, 0) is 4.79 Å². The molecule has 0 unspecified atom stereocenters. The third kappa shape index (κ3) is 3.72. The number of nitrogens with one attached hydrogen (secondary N) is 2. The normalized spacial score (nSPS) is 10.9. The lowest BCUT2D eigenvalue weighted by Gasteiger charge is -2.11. The Morgan fingerprint density at radius 2 is 1.90 bits per heavy atom. The highest BCUT2D eigenvalue weighted by atomic mass is 16.1. The number of aromatic amines is 1. The first-order valence-electron chi connectivity index (χ1n) is 6.75. The van der Waals surface area contributed by atoms with E-state index in [2.05, 4.69) is 15.5 Å². The minimum Gasteiger partial charge on any atom is -0.378 e. The van der Waals surface area contributed by atoms with E-state index in [1.54, 1.807) is 6.08 Å². The van der Waals surface area contributed by atoms with Crippen LogP contribution in [0.25, 0.3) is 6.08 Å². The Bertz CT molecular complexity index is 653. The zero-order valence-electron chi connectivity index (χ0n) is 12.8. The lowest BCUT2D eigenvalue weighted by Crippen LogP contribution is -2.09. The second-order valence-electron chi connectivity index (χ2n) is 5.13. The summed E-state index contributed by atoms with van der Waals surface area (Å²) >= 11 is 0. The molecule has 5 heteroatoms. The number of hydrogen-bond acceptors (Lipinski definition) is 3. The van der Waals surface area contributed by atoms with Crippen molar-refractivity contribution in [2.75, 3.05) is 24.3 Å². The number of H-pyrrole nitrogens is 1. The Morgan fingerprint density at radius 3 is 2.43 bits per heavy atom. The topological polar surface area (TPSA) is 61.0 Å². The van der Waals surface area contributed by atoms with E-state index in [9.17, 15) is 4.79 Å². The van der Waals surface area contributed by atoms with Gasteiger partial charge in [-0.05, 0) is 37.6 Å². The number of aromatic nitrogens is 2. The monoisotopic (exact) mass is 284 g/mol. The Morgan fingerprint density at radius 1 is 1.24 bits per heavy atom. The highest BCUT2D eigenvalue weighted by molar-refractivity contribution is 6.01. The van der Waals surface area contributed by atoms with Crippen LogP contribution >= 0.6 is 0 Å². The number of rotatable bonds is 4. The second kappa shape index (κ2) is 6.26. The van der Waals surface area contributed by atoms with Gasteiger partial charge in [-0.1, -0.05) is 12.1 Å². The van der Waals surface area contributed by atoms with E-state index < -0.39 is 0 Å². The van der Waals surface area contributed by atoms with Crippen molar-refractivity contribution in [2.24, 2.45) is 0 Å². The molecule has 0 spiro atoms. The van der Waals surface area contributed by atoms with Gasteiger partial charge in [-0.3, -0.25) is 9.89 Å². The van der Waals surface area contributed by atoms with Gasteiger partial charge in [0.05, 0.1) is 0 Å². The van der Waals surface area contributed by atoms with E-state index in [-0.39, 0.29) is 5.91 Å². The molecule has 0 aliphatic rings. The largest absolute Gasteiger partial charge is 0.378 e. The molecule has 110 valence electrons. The lowest BCUT2D eigenvalue weighted by atomic mass is 10.2. The smallest absolute Gasteiger partial charge is 0.249 e. The van der Waals surface area contributed by atoms with Crippen LogP contribution in [0, 0.1) is 13.8 Å². The summed E-state index contributed by atoms with van der Waals surface area (Å²) in [4.78, 5) is 13.9. The van der Waals surface area contributed by atoms with Crippen LogP contribution in [0.5, 0.6) is 0 Å². The van der Waals surface area contributed by atoms with Crippen LogP contribution in [0.1, 0.15) is 16.8 Å². The molecule has 5 nitrogen and oxygen atoms in total. The van der Waals surface area contributed by atoms with Gasteiger partial charge in [0.15, 0.2) is 5.82 Å².